The van der Waals surface area contributed by atoms with E-state index in [1.807, 2.05) is 6.92 Å². The summed E-state index contributed by atoms with van der Waals surface area (Å²) in [6.45, 7) is 6.25. The molecule has 0 spiro atoms. The third-order valence-corrected chi connectivity index (χ3v) is 2.70. The Morgan fingerprint density at radius 2 is 2.00 bits per heavy atom. The molecule has 2 amide bonds. The van der Waals surface area contributed by atoms with Crippen molar-refractivity contribution >= 4 is 11.8 Å². The number of carbonyl (C=O) groups is 2. The summed E-state index contributed by atoms with van der Waals surface area (Å²) in [6.07, 6.45) is 1.05. The van der Waals surface area contributed by atoms with Crippen molar-refractivity contribution in [2.75, 3.05) is 0 Å². The molecule has 1 rings (SSSR count). The molecule has 1 heterocycles. The van der Waals surface area contributed by atoms with Gasteiger partial charge in [-0.15, -0.1) is 0 Å². The molecule has 0 radical (unpaired) electrons. The van der Waals surface area contributed by atoms with Gasteiger partial charge in [0.25, 0.3) is 0 Å². The minimum Gasteiger partial charge on any atom is -0.303 e. The summed E-state index contributed by atoms with van der Waals surface area (Å²) >= 11 is 0. The second-order valence-electron chi connectivity index (χ2n) is 4.20. The fraction of sp³-hybridized carbons (Fsp3) is 0.800. The number of hydrogen-bond acceptors (Lipinski definition) is 3. The van der Waals surface area contributed by atoms with Gasteiger partial charge in [-0.2, -0.15) is 0 Å². The lowest BCUT2D eigenvalue weighted by molar-refractivity contribution is -0.134. The predicted octanol–water partition coefficient (Wildman–Crippen LogP) is 0.426. The normalized spacial score (nSPS) is 25.0. The van der Waals surface area contributed by atoms with Crippen molar-refractivity contribution in [2.45, 2.75) is 45.7 Å². The van der Waals surface area contributed by atoms with Crippen molar-refractivity contribution in [3.63, 3.8) is 0 Å². The number of piperidine rings is 1. The van der Waals surface area contributed by atoms with E-state index >= 15 is 0 Å². The van der Waals surface area contributed by atoms with Crippen LogP contribution in [0.5, 0.6) is 0 Å². The molecule has 2 atom stereocenters. The van der Waals surface area contributed by atoms with Crippen LogP contribution in [0.15, 0.2) is 0 Å². The molecule has 14 heavy (non-hydrogen) atoms. The fourth-order valence-electron chi connectivity index (χ4n) is 1.36. The van der Waals surface area contributed by atoms with E-state index in [0.29, 0.717) is 24.8 Å². The highest BCUT2D eigenvalue weighted by Crippen LogP contribution is 2.08. The Morgan fingerprint density at radius 1 is 1.36 bits per heavy atom. The summed E-state index contributed by atoms with van der Waals surface area (Å²) in [5.74, 6) is 0.138. The molecule has 1 fully saturated rings. The van der Waals surface area contributed by atoms with Gasteiger partial charge >= 0.3 is 0 Å². The molecule has 4 nitrogen and oxygen atoms in total. The summed E-state index contributed by atoms with van der Waals surface area (Å²) in [6, 6.07) is 0.0871. The molecular formula is C10H18N2O2. The highest BCUT2D eigenvalue weighted by atomic mass is 16.2. The molecule has 0 aliphatic carbocycles. The third kappa shape index (κ3) is 2.80. The Bertz CT molecular complexity index is 238. The van der Waals surface area contributed by atoms with E-state index in [9.17, 15) is 9.59 Å². The number of amides is 2. The van der Waals surface area contributed by atoms with Crippen molar-refractivity contribution < 1.29 is 9.59 Å². The quantitative estimate of drug-likeness (QED) is 0.646. The smallest absolute Gasteiger partial charge is 0.243 e. The standard InChI is InChI=1S/C10H18N2O2/c1-6(2)7(3)11-8-4-5-9(13)12-10(8)14/h6-8,11H,4-5H2,1-3H3,(H,12,13,14)/t7-,8-/m0/s1. The van der Waals surface area contributed by atoms with E-state index in [2.05, 4.69) is 24.5 Å². The highest BCUT2D eigenvalue weighted by Gasteiger charge is 2.27. The number of rotatable bonds is 3. The number of nitrogens with one attached hydrogen (secondary N) is 2. The fourth-order valence-corrected chi connectivity index (χ4v) is 1.36. The lowest BCUT2D eigenvalue weighted by atomic mass is 10.0. The molecule has 1 saturated heterocycles. The Hall–Kier alpha value is -0.900. The lowest BCUT2D eigenvalue weighted by Crippen LogP contribution is -2.53. The highest BCUT2D eigenvalue weighted by molar-refractivity contribution is 6.00. The van der Waals surface area contributed by atoms with Gasteiger partial charge in [0.2, 0.25) is 11.8 Å². The summed E-state index contributed by atoms with van der Waals surface area (Å²) < 4.78 is 0. The number of imide groups is 1. The minimum atomic E-state index is -0.204. The van der Waals surface area contributed by atoms with Gasteiger partial charge < -0.3 is 5.32 Å². The largest absolute Gasteiger partial charge is 0.303 e. The van der Waals surface area contributed by atoms with Crippen LogP contribution in [0, 0.1) is 5.92 Å². The van der Waals surface area contributed by atoms with Crippen LogP contribution in [0.1, 0.15) is 33.6 Å². The van der Waals surface area contributed by atoms with E-state index in [4.69, 9.17) is 0 Å². The summed E-state index contributed by atoms with van der Waals surface area (Å²) in [5, 5.41) is 5.56. The SMILES string of the molecule is CC(C)[C@H](C)N[C@H]1CCC(=O)NC1=O. The van der Waals surface area contributed by atoms with Crippen molar-refractivity contribution in [3.05, 3.63) is 0 Å². The Balaban J connectivity index is 2.45. The van der Waals surface area contributed by atoms with Crippen molar-refractivity contribution in [1.82, 2.24) is 10.6 Å². The van der Waals surface area contributed by atoms with Gasteiger partial charge in [0.05, 0.1) is 6.04 Å². The molecule has 2 N–H and O–H groups in total. The first-order valence-electron chi connectivity index (χ1n) is 5.10. The Kier molecular flexibility index (Phi) is 3.63. The first-order chi connectivity index (χ1) is 6.50. The summed E-state index contributed by atoms with van der Waals surface area (Å²) in [5.41, 5.74) is 0. The molecule has 1 aliphatic heterocycles. The van der Waals surface area contributed by atoms with Crippen LogP contribution in [0.4, 0.5) is 0 Å². The second kappa shape index (κ2) is 4.55. The summed E-state index contributed by atoms with van der Waals surface area (Å²) in [7, 11) is 0. The van der Waals surface area contributed by atoms with Gasteiger partial charge in [-0.05, 0) is 19.3 Å². The van der Waals surface area contributed by atoms with Crippen LogP contribution < -0.4 is 10.6 Å². The van der Waals surface area contributed by atoms with Crippen LogP contribution in [-0.4, -0.2) is 23.9 Å². The molecule has 80 valence electrons. The zero-order valence-corrected chi connectivity index (χ0v) is 8.96. The van der Waals surface area contributed by atoms with E-state index < -0.39 is 0 Å². The zero-order valence-electron chi connectivity index (χ0n) is 8.96. The van der Waals surface area contributed by atoms with Crippen molar-refractivity contribution in [1.29, 1.82) is 0 Å². The number of hydrogen-bond donors (Lipinski definition) is 2. The summed E-state index contributed by atoms with van der Waals surface area (Å²) in [4.78, 5) is 22.2. The van der Waals surface area contributed by atoms with Crippen LogP contribution in [0.3, 0.4) is 0 Å². The van der Waals surface area contributed by atoms with E-state index in [1.54, 1.807) is 0 Å². The first-order valence-corrected chi connectivity index (χ1v) is 5.10. The third-order valence-electron chi connectivity index (χ3n) is 2.70. The van der Waals surface area contributed by atoms with Gasteiger partial charge in [0, 0.05) is 12.5 Å². The molecule has 0 aromatic rings. The van der Waals surface area contributed by atoms with Crippen LogP contribution in [0.25, 0.3) is 0 Å². The van der Waals surface area contributed by atoms with E-state index in [-0.39, 0.29) is 17.9 Å². The maximum atomic E-state index is 11.4. The maximum Gasteiger partial charge on any atom is 0.243 e. The average molecular weight is 198 g/mol. The molecule has 0 bridgehead atoms. The maximum absolute atomic E-state index is 11.4. The van der Waals surface area contributed by atoms with Gasteiger partial charge in [0.15, 0.2) is 0 Å². The van der Waals surface area contributed by atoms with E-state index in [0.717, 1.165) is 0 Å². The van der Waals surface area contributed by atoms with Crippen LogP contribution >= 0.6 is 0 Å². The average Bonchev–Trinajstić information content (AvgIpc) is 2.09. The number of carbonyl (C=O) groups excluding carboxylic acids is 2. The van der Waals surface area contributed by atoms with Gasteiger partial charge in [-0.3, -0.25) is 14.9 Å². The van der Waals surface area contributed by atoms with E-state index in [1.165, 1.54) is 0 Å². The van der Waals surface area contributed by atoms with Gasteiger partial charge in [-0.25, -0.2) is 0 Å². The van der Waals surface area contributed by atoms with Gasteiger partial charge in [0.1, 0.15) is 0 Å². The Labute approximate surface area is 84.4 Å². The molecule has 0 unspecified atom stereocenters. The minimum absolute atomic E-state index is 0.162. The van der Waals surface area contributed by atoms with Crippen molar-refractivity contribution in [2.24, 2.45) is 5.92 Å². The molecule has 0 aromatic carbocycles. The molecular weight excluding hydrogens is 180 g/mol. The predicted molar refractivity (Wildman–Crippen MR) is 53.6 cm³/mol. The van der Waals surface area contributed by atoms with Gasteiger partial charge in [-0.1, -0.05) is 13.8 Å². The second-order valence-corrected chi connectivity index (χ2v) is 4.20. The molecule has 1 aliphatic rings. The molecule has 0 saturated carbocycles. The topological polar surface area (TPSA) is 58.2 Å². The monoisotopic (exact) mass is 198 g/mol. The zero-order chi connectivity index (χ0) is 10.7. The van der Waals surface area contributed by atoms with Crippen molar-refractivity contribution in [3.8, 4) is 0 Å². The lowest BCUT2D eigenvalue weighted by Gasteiger charge is -2.27. The molecule has 4 heteroatoms. The van der Waals surface area contributed by atoms with Crippen LogP contribution in [-0.2, 0) is 9.59 Å². The first kappa shape index (κ1) is 11.2. The molecule has 0 aromatic heterocycles. The van der Waals surface area contributed by atoms with Crippen LogP contribution in [0.2, 0.25) is 0 Å². The Morgan fingerprint density at radius 3 is 2.50 bits per heavy atom.